The van der Waals surface area contributed by atoms with Crippen LogP contribution in [0.2, 0.25) is 0 Å². The lowest BCUT2D eigenvalue weighted by molar-refractivity contribution is -0.130. The monoisotopic (exact) mass is 364 g/mol. The Hall–Kier alpha value is -2.83. The largest absolute Gasteiger partial charge is 0.352 e. The molecule has 138 valence electrons. The van der Waals surface area contributed by atoms with Crippen LogP contribution in [0.5, 0.6) is 0 Å². The molecule has 2 aromatic carbocycles. The first-order chi connectivity index (χ1) is 12.4. The third kappa shape index (κ3) is 5.61. The fourth-order valence-corrected chi connectivity index (χ4v) is 2.35. The van der Waals surface area contributed by atoms with Crippen molar-refractivity contribution in [1.82, 2.24) is 10.2 Å². The van der Waals surface area contributed by atoms with E-state index in [1.165, 1.54) is 17.0 Å². The van der Waals surface area contributed by atoms with Crippen molar-refractivity contribution in [2.75, 3.05) is 13.6 Å². The number of nitrogens with one attached hydrogen (secondary N) is 1. The van der Waals surface area contributed by atoms with Gasteiger partial charge in [-0.2, -0.15) is 0 Å². The highest BCUT2D eigenvalue weighted by Gasteiger charge is 2.13. The summed E-state index contributed by atoms with van der Waals surface area (Å²) in [6.45, 7) is 0.540. The van der Waals surface area contributed by atoms with Gasteiger partial charge >= 0.3 is 0 Å². The molecule has 0 aliphatic carbocycles. The van der Waals surface area contributed by atoms with Crippen molar-refractivity contribution < 1.29 is 22.8 Å². The number of carbonyl (C=O) groups is 2. The minimum atomic E-state index is -0.933. The molecule has 2 amide bonds. The van der Waals surface area contributed by atoms with E-state index in [0.29, 0.717) is 19.0 Å². The molecular weight excluding hydrogens is 345 g/mol. The minimum Gasteiger partial charge on any atom is -0.352 e. The molecule has 0 bridgehead atoms. The predicted octanol–water partition coefficient (Wildman–Crippen LogP) is 3.27. The molecule has 0 unspecified atom stereocenters. The molecule has 2 aromatic rings. The lowest BCUT2D eigenvalue weighted by atomic mass is 10.2. The van der Waals surface area contributed by atoms with Gasteiger partial charge in [-0.05, 0) is 36.2 Å². The third-order valence-electron chi connectivity index (χ3n) is 3.79. The molecule has 0 saturated carbocycles. The van der Waals surface area contributed by atoms with Crippen LogP contribution in [0, 0.1) is 17.5 Å². The molecule has 0 aliphatic rings. The number of halogens is 3. The summed E-state index contributed by atoms with van der Waals surface area (Å²) >= 11 is 0. The first-order valence-corrected chi connectivity index (χ1v) is 8.08. The fourth-order valence-electron chi connectivity index (χ4n) is 2.35. The van der Waals surface area contributed by atoms with Gasteiger partial charge < -0.3 is 10.2 Å². The van der Waals surface area contributed by atoms with Crippen LogP contribution >= 0.6 is 0 Å². The van der Waals surface area contributed by atoms with E-state index >= 15 is 0 Å². The molecule has 1 N–H and O–H groups in total. The number of hydrogen-bond donors (Lipinski definition) is 1. The average molecular weight is 364 g/mol. The van der Waals surface area contributed by atoms with Gasteiger partial charge in [0.2, 0.25) is 5.91 Å². The molecule has 0 atom stereocenters. The van der Waals surface area contributed by atoms with Crippen molar-refractivity contribution in [2.24, 2.45) is 0 Å². The van der Waals surface area contributed by atoms with Crippen LogP contribution < -0.4 is 5.32 Å². The first-order valence-electron chi connectivity index (χ1n) is 8.08. The van der Waals surface area contributed by atoms with Crippen LogP contribution in [0.3, 0.4) is 0 Å². The normalized spacial score (nSPS) is 10.5. The highest BCUT2D eigenvalue weighted by molar-refractivity contribution is 5.94. The zero-order valence-electron chi connectivity index (χ0n) is 14.3. The van der Waals surface area contributed by atoms with Crippen LogP contribution in [0.15, 0.2) is 42.5 Å². The summed E-state index contributed by atoms with van der Waals surface area (Å²) in [6, 6.07) is 8.60. The summed E-state index contributed by atoms with van der Waals surface area (Å²) in [5, 5.41) is 2.50. The lowest BCUT2D eigenvalue weighted by Gasteiger charge is -2.17. The molecule has 0 aromatic heterocycles. The van der Waals surface area contributed by atoms with Gasteiger partial charge in [-0.1, -0.05) is 12.1 Å². The molecule has 26 heavy (non-hydrogen) atoms. The fraction of sp³-hybridized carbons (Fsp3) is 0.263. The van der Waals surface area contributed by atoms with Gasteiger partial charge in [-0.15, -0.1) is 0 Å². The van der Waals surface area contributed by atoms with Crippen molar-refractivity contribution in [1.29, 1.82) is 0 Å². The Kier molecular flexibility index (Phi) is 6.77. The summed E-state index contributed by atoms with van der Waals surface area (Å²) in [5.74, 6) is -2.81. The molecule has 0 saturated heterocycles. The topological polar surface area (TPSA) is 49.4 Å². The van der Waals surface area contributed by atoms with Crippen LogP contribution in [-0.4, -0.2) is 30.3 Å². The lowest BCUT2D eigenvalue weighted by Crippen LogP contribution is -2.29. The summed E-state index contributed by atoms with van der Waals surface area (Å²) in [4.78, 5) is 25.4. The minimum absolute atomic E-state index is 0.128. The van der Waals surface area contributed by atoms with E-state index in [0.717, 1.165) is 17.7 Å². The number of benzene rings is 2. The highest BCUT2D eigenvalue weighted by atomic mass is 19.1. The van der Waals surface area contributed by atoms with Crippen molar-refractivity contribution in [2.45, 2.75) is 19.4 Å². The second-order valence-electron chi connectivity index (χ2n) is 5.86. The van der Waals surface area contributed by atoms with E-state index < -0.39 is 17.5 Å². The molecule has 0 fully saturated rings. The van der Waals surface area contributed by atoms with Gasteiger partial charge in [0.25, 0.3) is 5.91 Å². The van der Waals surface area contributed by atoms with Gasteiger partial charge in [-0.3, -0.25) is 9.59 Å². The van der Waals surface area contributed by atoms with Gasteiger partial charge in [-0.25, -0.2) is 13.2 Å². The van der Waals surface area contributed by atoms with E-state index in [9.17, 15) is 22.8 Å². The maximum Gasteiger partial charge on any atom is 0.254 e. The van der Waals surface area contributed by atoms with E-state index in [1.807, 2.05) is 0 Å². The molecule has 0 aliphatic heterocycles. The van der Waals surface area contributed by atoms with Gasteiger partial charge in [0.1, 0.15) is 17.5 Å². The Morgan fingerprint density at radius 1 is 1.00 bits per heavy atom. The molecule has 0 heterocycles. The smallest absolute Gasteiger partial charge is 0.254 e. The molecule has 7 heteroatoms. The first kappa shape index (κ1) is 19.5. The molecule has 4 nitrogen and oxygen atoms in total. The van der Waals surface area contributed by atoms with E-state index in [-0.39, 0.29) is 30.3 Å². The second kappa shape index (κ2) is 9.03. The van der Waals surface area contributed by atoms with E-state index in [2.05, 4.69) is 5.32 Å². The summed E-state index contributed by atoms with van der Waals surface area (Å²) < 4.78 is 39.2. The third-order valence-corrected chi connectivity index (χ3v) is 3.79. The summed E-state index contributed by atoms with van der Waals surface area (Å²) in [7, 11) is 1.64. The summed E-state index contributed by atoms with van der Waals surface area (Å²) in [5.41, 5.74) is 0.563. The highest BCUT2D eigenvalue weighted by Crippen LogP contribution is 2.10. The van der Waals surface area contributed by atoms with E-state index in [4.69, 9.17) is 0 Å². The standard InChI is InChI=1S/C19H19F3N2O2/c1-24(12-13-4-6-14(20)7-5-13)18(25)3-2-10-23-19(26)16-9-8-15(21)11-17(16)22/h4-9,11H,2-3,10,12H2,1H3,(H,23,26). The quantitative estimate of drug-likeness (QED) is 0.767. The number of carbonyl (C=O) groups excluding carboxylic acids is 2. The Bertz CT molecular complexity index is 779. The molecule has 0 spiro atoms. The van der Waals surface area contributed by atoms with Gasteiger partial charge in [0, 0.05) is 32.6 Å². The second-order valence-corrected chi connectivity index (χ2v) is 5.86. The number of nitrogens with zero attached hydrogens (tertiary/aromatic N) is 1. The average Bonchev–Trinajstić information content (AvgIpc) is 2.60. The van der Waals surface area contributed by atoms with Crippen molar-refractivity contribution >= 4 is 11.8 Å². The maximum absolute atomic E-state index is 13.5. The van der Waals surface area contributed by atoms with E-state index in [1.54, 1.807) is 19.2 Å². The summed E-state index contributed by atoms with van der Waals surface area (Å²) in [6.07, 6.45) is 0.574. The molecule has 2 rings (SSSR count). The number of rotatable bonds is 7. The van der Waals surface area contributed by atoms with Crippen LogP contribution in [-0.2, 0) is 11.3 Å². The number of hydrogen-bond acceptors (Lipinski definition) is 2. The molecular formula is C19H19F3N2O2. The Morgan fingerprint density at radius 2 is 1.65 bits per heavy atom. The molecule has 0 radical (unpaired) electrons. The van der Waals surface area contributed by atoms with Gasteiger partial charge in [0.15, 0.2) is 0 Å². The van der Waals surface area contributed by atoms with Crippen LogP contribution in [0.1, 0.15) is 28.8 Å². The van der Waals surface area contributed by atoms with Crippen molar-refractivity contribution in [3.05, 3.63) is 71.0 Å². The zero-order valence-corrected chi connectivity index (χ0v) is 14.3. The van der Waals surface area contributed by atoms with Crippen molar-refractivity contribution in [3.63, 3.8) is 0 Å². The Morgan fingerprint density at radius 3 is 2.31 bits per heavy atom. The maximum atomic E-state index is 13.5. The SMILES string of the molecule is CN(Cc1ccc(F)cc1)C(=O)CCCNC(=O)c1ccc(F)cc1F. The number of amides is 2. The van der Waals surface area contributed by atoms with Crippen molar-refractivity contribution in [3.8, 4) is 0 Å². The Labute approximate surface area is 149 Å². The van der Waals surface area contributed by atoms with Crippen LogP contribution in [0.4, 0.5) is 13.2 Å². The van der Waals surface area contributed by atoms with Crippen LogP contribution in [0.25, 0.3) is 0 Å². The zero-order chi connectivity index (χ0) is 19.1. The Balaban J connectivity index is 1.73. The van der Waals surface area contributed by atoms with Gasteiger partial charge in [0.05, 0.1) is 5.56 Å². The predicted molar refractivity (Wildman–Crippen MR) is 90.8 cm³/mol.